The summed E-state index contributed by atoms with van der Waals surface area (Å²) in [7, 11) is 0. The number of rotatable bonds is 4. The number of nitrogens with one attached hydrogen (secondary N) is 1. The fourth-order valence-electron chi connectivity index (χ4n) is 2.84. The van der Waals surface area contributed by atoms with Crippen molar-refractivity contribution in [2.24, 2.45) is 11.3 Å². The molecule has 3 nitrogen and oxygen atoms in total. The van der Waals surface area contributed by atoms with Gasteiger partial charge in [-0.2, -0.15) is 0 Å². The molecule has 0 fully saturated rings. The molecule has 0 bridgehead atoms. The number of fused-ring (bicyclic) bond motifs is 1. The van der Waals surface area contributed by atoms with Crippen LogP contribution in [0, 0.1) is 25.2 Å². The second kappa shape index (κ2) is 6.37. The van der Waals surface area contributed by atoms with Gasteiger partial charge in [-0.3, -0.25) is 4.79 Å². The largest absolute Gasteiger partial charge is 0.302 e. The number of aromatic nitrogens is 1. The number of amides is 1. The van der Waals surface area contributed by atoms with Gasteiger partial charge in [0.1, 0.15) is 0 Å². The molecule has 1 atom stereocenters. The molecule has 0 saturated carbocycles. The predicted molar refractivity (Wildman–Crippen MR) is 95.6 cm³/mol. The minimum atomic E-state index is 0.0595. The second-order valence-corrected chi connectivity index (χ2v) is 8.58. The van der Waals surface area contributed by atoms with Crippen molar-refractivity contribution in [1.29, 1.82) is 0 Å². The van der Waals surface area contributed by atoms with Crippen molar-refractivity contribution in [2.75, 3.05) is 5.32 Å². The molecule has 0 spiro atoms. The first-order chi connectivity index (χ1) is 10.1. The molecule has 1 aromatic carbocycles. The Kier molecular flexibility index (Phi) is 4.90. The summed E-state index contributed by atoms with van der Waals surface area (Å²) in [6.45, 7) is 12.9. The third-order valence-corrected chi connectivity index (χ3v) is 4.68. The lowest BCUT2D eigenvalue weighted by atomic mass is 9.84. The molecule has 120 valence electrons. The number of carbonyl (C=O) groups is 1. The van der Waals surface area contributed by atoms with Crippen LogP contribution in [-0.2, 0) is 4.79 Å². The topological polar surface area (TPSA) is 42.0 Å². The number of carbonyl (C=O) groups excluding carboxylic acids is 1. The van der Waals surface area contributed by atoms with Gasteiger partial charge < -0.3 is 5.32 Å². The van der Waals surface area contributed by atoms with Gasteiger partial charge in [0, 0.05) is 6.42 Å². The molecule has 0 aliphatic rings. The number of thiazole rings is 1. The van der Waals surface area contributed by atoms with Gasteiger partial charge in [0.05, 0.1) is 10.2 Å². The van der Waals surface area contributed by atoms with Crippen LogP contribution in [0.15, 0.2) is 12.1 Å². The molecule has 0 aliphatic carbocycles. The molecule has 1 heterocycles. The number of benzene rings is 1. The molecule has 0 saturated heterocycles. The minimum absolute atomic E-state index is 0.0595. The highest BCUT2D eigenvalue weighted by Crippen LogP contribution is 2.29. The Hall–Kier alpha value is -1.42. The average molecular weight is 318 g/mol. The van der Waals surface area contributed by atoms with Gasteiger partial charge in [-0.15, -0.1) is 0 Å². The number of anilines is 1. The predicted octanol–water partition coefficient (Wildman–Crippen LogP) is 5.31. The van der Waals surface area contributed by atoms with Gasteiger partial charge in [-0.1, -0.05) is 39.0 Å². The molecule has 2 aromatic rings. The zero-order valence-corrected chi connectivity index (χ0v) is 15.2. The Morgan fingerprint density at radius 2 is 1.91 bits per heavy atom. The van der Waals surface area contributed by atoms with E-state index in [1.165, 1.54) is 11.1 Å². The van der Waals surface area contributed by atoms with E-state index in [1.54, 1.807) is 11.3 Å². The normalized spacial score (nSPS) is 13.4. The van der Waals surface area contributed by atoms with E-state index in [0.29, 0.717) is 17.5 Å². The zero-order valence-electron chi connectivity index (χ0n) is 14.4. The lowest BCUT2D eigenvalue weighted by Crippen LogP contribution is -2.18. The van der Waals surface area contributed by atoms with Crippen molar-refractivity contribution in [3.63, 3.8) is 0 Å². The molecule has 4 heteroatoms. The van der Waals surface area contributed by atoms with Crippen LogP contribution in [0.1, 0.15) is 51.7 Å². The quantitative estimate of drug-likeness (QED) is 0.829. The highest BCUT2D eigenvalue weighted by Gasteiger charge is 2.18. The van der Waals surface area contributed by atoms with Gasteiger partial charge in [0.15, 0.2) is 5.13 Å². The van der Waals surface area contributed by atoms with Crippen LogP contribution in [0.4, 0.5) is 5.13 Å². The van der Waals surface area contributed by atoms with Crippen molar-refractivity contribution >= 4 is 32.6 Å². The number of hydrogen-bond donors (Lipinski definition) is 1. The number of nitrogens with zero attached hydrogens (tertiary/aromatic N) is 1. The Labute approximate surface area is 137 Å². The highest BCUT2D eigenvalue weighted by atomic mass is 32.1. The molecule has 1 amide bonds. The lowest BCUT2D eigenvalue weighted by Gasteiger charge is -2.22. The summed E-state index contributed by atoms with van der Waals surface area (Å²) >= 11 is 1.55. The molecule has 0 radical (unpaired) electrons. The summed E-state index contributed by atoms with van der Waals surface area (Å²) in [5.41, 5.74) is 3.71. The number of hydrogen-bond acceptors (Lipinski definition) is 3. The maximum absolute atomic E-state index is 12.2. The first-order valence-electron chi connectivity index (χ1n) is 7.82. The van der Waals surface area contributed by atoms with Crippen LogP contribution in [0.3, 0.4) is 0 Å². The molecule has 1 N–H and O–H groups in total. The molecule has 1 aromatic heterocycles. The van der Waals surface area contributed by atoms with E-state index >= 15 is 0 Å². The summed E-state index contributed by atoms with van der Waals surface area (Å²) in [6, 6.07) is 4.22. The zero-order chi connectivity index (χ0) is 16.5. The molecule has 2 rings (SSSR count). The van der Waals surface area contributed by atoms with Crippen molar-refractivity contribution in [2.45, 2.75) is 54.4 Å². The van der Waals surface area contributed by atoms with Crippen molar-refractivity contribution in [3.05, 3.63) is 23.3 Å². The van der Waals surface area contributed by atoms with Gasteiger partial charge in [-0.25, -0.2) is 4.98 Å². The smallest absolute Gasteiger partial charge is 0.226 e. The Morgan fingerprint density at radius 3 is 2.55 bits per heavy atom. The van der Waals surface area contributed by atoms with Gasteiger partial charge in [-0.05, 0) is 54.9 Å². The van der Waals surface area contributed by atoms with E-state index in [9.17, 15) is 4.79 Å². The Morgan fingerprint density at radius 1 is 1.27 bits per heavy atom. The summed E-state index contributed by atoms with van der Waals surface area (Å²) in [4.78, 5) is 16.7. The van der Waals surface area contributed by atoms with Crippen LogP contribution in [0.5, 0.6) is 0 Å². The Balaban J connectivity index is 2.03. The summed E-state index contributed by atoms with van der Waals surface area (Å²) < 4.78 is 1.13. The first-order valence-corrected chi connectivity index (χ1v) is 8.63. The molecular formula is C18H26N2OS. The fraction of sp³-hybridized carbons (Fsp3) is 0.556. The number of aryl methyl sites for hydroxylation is 2. The molecule has 22 heavy (non-hydrogen) atoms. The minimum Gasteiger partial charge on any atom is -0.302 e. The van der Waals surface area contributed by atoms with E-state index < -0.39 is 0 Å². The van der Waals surface area contributed by atoms with E-state index in [4.69, 9.17) is 0 Å². The van der Waals surface area contributed by atoms with Crippen LogP contribution in [0.25, 0.3) is 10.2 Å². The van der Waals surface area contributed by atoms with Crippen LogP contribution >= 0.6 is 11.3 Å². The maximum Gasteiger partial charge on any atom is 0.226 e. The van der Waals surface area contributed by atoms with Crippen molar-refractivity contribution in [3.8, 4) is 0 Å². The average Bonchev–Trinajstić information content (AvgIpc) is 2.67. The second-order valence-electron chi connectivity index (χ2n) is 7.55. The van der Waals surface area contributed by atoms with Gasteiger partial charge in [0.25, 0.3) is 0 Å². The lowest BCUT2D eigenvalue weighted by molar-refractivity contribution is -0.117. The highest BCUT2D eigenvalue weighted by molar-refractivity contribution is 7.22. The summed E-state index contributed by atoms with van der Waals surface area (Å²) in [5.74, 6) is 0.433. The van der Waals surface area contributed by atoms with Crippen LogP contribution in [-0.4, -0.2) is 10.9 Å². The third kappa shape index (κ3) is 4.54. The van der Waals surface area contributed by atoms with Crippen LogP contribution in [0.2, 0.25) is 0 Å². The van der Waals surface area contributed by atoms with E-state index in [-0.39, 0.29) is 11.3 Å². The van der Waals surface area contributed by atoms with Crippen molar-refractivity contribution < 1.29 is 4.79 Å². The van der Waals surface area contributed by atoms with Crippen LogP contribution < -0.4 is 5.32 Å². The van der Waals surface area contributed by atoms with Gasteiger partial charge >= 0.3 is 0 Å². The van der Waals surface area contributed by atoms with Crippen molar-refractivity contribution in [1.82, 2.24) is 4.98 Å². The maximum atomic E-state index is 12.2. The third-order valence-electron chi connectivity index (χ3n) is 3.74. The fourth-order valence-corrected chi connectivity index (χ4v) is 3.80. The summed E-state index contributed by atoms with van der Waals surface area (Å²) in [6.07, 6.45) is 1.59. The molecule has 1 unspecified atom stereocenters. The van der Waals surface area contributed by atoms with E-state index in [2.05, 4.69) is 64.0 Å². The molecular weight excluding hydrogens is 292 g/mol. The Bertz CT molecular complexity index is 643. The first kappa shape index (κ1) is 16.9. The summed E-state index contributed by atoms with van der Waals surface area (Å²) in [5, 5.41) is 3.66. The van der Waals surface area contributed by atoms with E-state index in [1.807, 2.05) is 0 Å². The van der Waals surface area contributed by atoms with E-state index in [0.717, 1.165) is 16.6 Å². The van der Waals surface area contributed by atoms with Gasteiger partial charge in [0.2, 0.25) is 5.91 Å². The molecule has 0 aliphatic heterocycles. The SMILES string of the molecule is Cc1cc2nc(NC(=O)CC(C)CC(C)(C)C)sc2cc1C. The standard InChI is InChI=1S/C18H26N2OS/c1-11(10-18(4,5)6)7-16(21)20-17-19-14-8-12(2)13(3)9-15(14)22-17/h8-9,11H,7,10H2,1-6H3,(H,19,20,21). The monoisotopic (exact) mass is 318 g/mol.